The Hall–Kier alpha value is -2.08. The van der Waals surface area contributed by atoms with E-state index in [4.69, 9.17) is 11.5 Å². The number of hydrogen-bond donors (Lipinski definition) is 3. The molecule has 1 aromatic carbocycles. The van der Waals surface area contributed by atoms with Gasteiger partial charge in [0.2, 0.25) is 0 Å². The highest BCUT2D eigenvalue weighted by Gasteiger charge is 2.11. The summed E-state index contributed by atoms with van der Waals surface area (Å²) >= 11 is 3.27. The van der Waals surface area contributed by atoms with Crippen LogP contribution in [0.1, 0.15) is 16.1 Å². The van der Waals surface area contributed by atoms with Gasteiger partial charge >= 0.3 is 0 Å². The summed E-state index contributed by atoms with van der Waals surface area (Å²) in [7, 11) is 0. The lowest BCUT2D eigenvalue weighted by atomic mass is 10.1. The minimum Gasteiger partial charge on any atom is -0.399 e. The van der Waals surface area contributed by atoms with Gasteiger partial charge in [-0.15, -0.1) is 0 Å². The summed E-state index contributed by atoms with van der Waals surface area (Å²) in [5.74, 6) is -0.287. The normalized spacial score (nSPS) is 10.2. The molecule has 6 heteroatoms. The Balaban J connectivity index is 2.25. The van der Waals surface area contributed by atoms with Crippen molar-refractivity contribution < 1.29 is 4.79 Å². The Labute approximate surface area is 119 Å². The first kappa shape index (κ1) is 13.4. The Morgan fingerprint density at radius 1 is 1.26 bits per heavy atom. The predicted octanol–water partition coefficient (Wildman–Crippen LogP) is 2.57. The van der Waals surface area contributed by atoms with E-state index in [1.54, 1.807) is 30.3 Å². The lowest BCUT2D eigenvalue weighted by molar-refractivity contribution is 0.102. The number of nitrogens with zero attached hydrogens (tertiary/aromatic N) is 1. The van der Waals surface area contributed by atoms with Gasteiger partial charge in [-0.2, -0.15) is 0 Å². The topological polar surface area (TPSA) is 94.0 Å². The maximum Gasteiger partial charge on any atom is 0.257 e. The molecule has 5 N–H and O–H groups in total. The fourth-order valence-corrected chi connectivity index (χ4v) is 2.04. The number of rotatable bonds is 2. The maximum atomic E-state index is 12.1. The molecule has 1 amide bonds. The quantitative estimate of drug-likeness (QED) is 0.585. The van der Waals surface area contributed by atoms with Gasteiger partial charge in [0.15, 0.2) is 0 Å². The van der Waals surface area contributed by atoms with Crippen LogP contribution < -0.4 is 16.8 Å². The largest absolute Gasteiger partial charge is 0.399 e. The number of benzene rings is 1. The van der Waals surface area contributed by atoms with Crippen LogP contribution in [0.5, 0.6) is 0 Å². The molecule has 0 aliphatic carbocycles. The van der Waals surface area contributed by atoms with E-state index in [1.165, 1.54) is 0 Å². The molecule has 0 spiro atoms. The summed E-state index contributed by atoms with van der Waals surface area (Å²) in [4.78, 5) is 16.3. The number of nitrogens with one attached hydrogen (secondary N) is 1. The molecule has 0 saturated heterocycles. The van der Waals surface area contributed by atoms with Gasteiger partial charge in [0.1, 0.15) is 4.60 Å². The number of amides is 1. The molecule has 0 radical (unpaired) electrons. The van der Waals surface area contributed by atoms with Gasteiger partial charge < -0.3 is 16.8 Å². The van der Waals surface area contributed by atoms with E-state index in [2.05, 4.69) is 26.2 Å². The highest BCUT2D eigenvalue weighted by atomic mass is 79.9. The number of nitrogens with two attached hydrogens (primary N) is 2. The van der Waals surface area contributed by atoms with Crippen molar-refractivity contribution >= 4 is 38.9 Å². The summed E-state index contributed by atoms with van der Waals surface area (Å²) in [5.41, 5.74) is 14.0. The lowest BCUT2D eigenvalue weighted by Gasteiger charge is -2.10. The van der Waals surface area contributed by atoms with Crippen molar-refractivity contribution in [3.8, 4) is 0 Å². The van der Waals surface area contributed by atoms with Crippen LogP contribution in [0.4, 0.5) is 17.1 Å². The van der Waals surface area contributed by atoms with Gasteiger partial charge in [-0.3, -0.25) is 4.79 Å². The molecule has 19 heavy (non-hydrogen) atoms. The minimum absolute atomic E-state index is 0.287. The third-order valence-corrected chi connectivity index (χ3v) is 3.06. The van der Waals surface area contributed by atoms with Crippen LogP contribution in [-0.4, -0.2) is 10.9 Å². The molecule has 1 aromatic heterocycles. The van der Waals surface area contributed by atoms with Crippen LogP contribution in [0.3, 0.4) is 0 Å². The van der Waals surface area contributed by atoms with E-state index in [1.807, 2.05) is 6.92 Å². The van der Waals surface area contributed by atoms with Crippen molar-refractivity contribution in [3.63, 3.8) is 0 Å². The van der Waals surface area contributed by atoms with E-state index in [9.17, 15) is 4.79 Å². The molecule has 2 aromatic rings. The van der Waals surface area contributed by atoms with Crippen LogP contribution in [0.15, 0.2) is 34.9 Å². The summed E-state index contributed by atoms with van der Waals surface area (Å²) in [6, 6.07) is 8.33. The van der Waals surface area contributed by atoms with Crippen LogP contribution >= 0.6 is 15.9 Å². The Kier molecular flexibility index (Phi) is 3.71. The molecule has 0 saturated carbocycles. The number of pyridine rings is 1. The third kappa shape index (κ3) is 3.03. The van der Waals surface area contributed by atoms with Crippen molar-refractivity contribution in [3.05, 3.63) is 46.2 Å². The zero-order valence-electron chi connectivity index (χ0n) is 10.3. The zero-order chi connectivity index (χ0) is 14.0. The molecule has 1 heterocycles. The van der Waals surface area contributed by atoms with Crippen molar-refractivity contribution in [2.45, 2.75) is 6.92 Å². The molecule has 5 nitrogen and oxygen atoms in total. The number of carbonyl (C=O) groups is 1. The smallest absolute Gasteiger partial charge is 0.257 e. The van der Waals surface area contributed by atoms with Gasteiger partial charge in [-0.1, -0.05) is 0 Å². The highest BCUT2D eigenvalue weighted by molar-refractivity contribution is 9.10. The average Bonchev–Trinajstić information content (AvgIpc) is 2.32. The second-order valence-corrected chi connectivity index (χ2v) is 4.88. The van der Waals surface area contributed by atoms with Gasteiger partial charge in [-0.05, 0) is 53.2 Å². The SMILES string of the molecule is Cc1nc(Br)ccc1NC(=O)c1ccc(N)cc1N. The van der Waals surface area contributed by atoms with Gasteiger partial charge in [-0.25, -0.2) is 4.98 Å². The number of nitrogen functional groups attached to an aromatic ring is 2. The summed E-state index contributed by atoms with van der Waals surface area (Å²) < 4.78 is 0.718. The fourth-order valence-electron chi connectivity index (χ4n) is 1.64. The lowest BCUT2D eigenvalue weighted by Crippen LogP contribution is -2.15. The van der Waals surface area contributed by atoms with E-state index in [-0.39, 0.29) is 5.91 Å². The first-order valence-electron chi connectivity index (χ1n) is 5.57. The standard InChI is InChI=1S/C13H13BrN4O/c1-7-11(4-5-12(14)17-7)18-13(19)9-3-2-8(15)6-10(9)16/h2-6H,15-16H2,1H3,(H,18,19). The molecule has 0 aliphatic rings. The van der Waals surface area contributed by atoms with Gasteiger partial charge in [0, 0.05) is 11.4 Å². The van der Waals surface area contributed by atoms with Crippen molar-refractivity contribution in [1.29, 1.82) is 0 Å². The molecule has 0 aliphatic heterocycles. The number of carbonyl (C=O) groups excluding carboxylic acids is 1. The average molecular weight is 321 g/mol. The second-order valence-electron chi connectivity index (χ2n) is 4.07. The Bertz CT molecular complexity index is 643. The number of anilines is 3. The fraction of sp³-hybridized carbons (Fsp3) is 0.0769. The van der Waals surface area contributed by atoms with E-state index < -0.39 is 0 Å². The van der Waals surface area contributed by atoms with Crippen LogP contribution in [0.25, 0.3) is 0 Å². The van der Waals surface area contributed by atoms with Crippen LogP contribution in [-0.2, 0) is 0 Å². The molecule has 0 bridgehead atoms. The Morgan fingerprint density at radius 2 is 2.00 bits per heavy atom. The van der Waals surface area contributed by atoms with Crippen molar-refractivity contribution in [1.82, 2.24) is 4.98 Å². The maximum absolute atomic E-state index is 12.1. The third-order valence-electron chi connectivity index (χ3n) is 2.62. The number of aromatic nitrogens is 1. The van der Waals surface area contributed by atoms with Crippen molar-refractivity contribution in [2.24, 2.45) is 0 Å². The first-order valence-corrected chi connectivity index (χ1v) is 6.36. The van der Waals surface area contributed by atoms with Crippen LogP contribution in [0, 0.1) is 6.92 Å². The molecule has 2 rings (SSSR count). The van der Waals surface area contributed by atoms with E-state index in [0.717, 1.165) is 10.3 Å². The number of aryl methyl sites for hydroxylation is 1. The molecular weight excluding hydrogens is 308 g/mol. The monoisotopic (exact) mass is 320 g/mol. The Morgan fingerprint density at radius 3 is 2.63 bits per heavy atom. The number of halogens is 1. The first-order chi connectivity index (χ1) is 8.97. The summed E-state index contributed by atoms with van der Waals surface area (Å²) in [6.07, 6.45) is 0. The molecule has 0 unspecified atom stereocenters. The second kappa shape index (κ2) is 5.27. The van der Waals surface area contributed by atoms with Gasteiger partial charge in [0.25, 0.3) is 5.91 Å². The molecule has 98 valence electrons. The van der Waals surface area contributed by atoms with Crippen molar-refractivity contribution in [2.75, 3.05) is 16.8 Å². The molecule has 0 fully saturated rings. The van der Waals surface area contributed by atoms with Gasteiger partial charge in [0.05, 0.1) is 16.9 Å². The predicted molar refractivity (Wildman–Crippen MR) is 79.9 cm³/mol. The summed E-state index contributed by atoms with van der Waals surface area (Å²) in [5, 5.41) is 2.77. The number of hydrogen-bond acceptors (Lipinski definition) is 4. The highest BCUT2D eigenvalue weighted by Crippen LogP contribution is 2.20. The zero-order valence-corrected chi connectivity index (χ0v) is 11.9. The van der Waals surface area contributed by atoms with E-state index in [0.29, 0.717) is 22.6 Å². The summed E-state index contributed by atoms with van der Waals surface area (Å²) in [6.45, 7) is 1.81. The van der Waals surface area contributed by atoms with Crippen LogP contribution in [0.2, 0.25) is 0 Å². The van der Waals surface area contributed by atoms with E-state index >= 15 is 0 Å². The minimum atomic E-state index is -0.287. The molecule has 0 atom stereocenters. The molecular formula is C13H13BrN4O.